The minimum absolute atomic E-state index is 0.398. The molecule has 0 fully saturated rings. The van der Waals surface area contributed by atoms with Crippen molar-refractivity contribution >= 4 is 24.7 Å². The predicted molar refractivity (Wildman–Crippen MR) is 98.8 cm³/mol. The molecular weight excluding hydrogens is 338 g/mol. The molecule has 132 valence electrons. The third kappa shape index (κ3) is 4.54. The summed E-state index contributed by atoms with van der Waals surface area (Å²) in [7, 11) is 1.57. The van der Waals surface area contributed by atoms with Gasteiger partial charge in [-0.25, -0.2) is 4.79 Å². The van der Waals surface area contributed by atoms with Crippen molar-refractivity contribution in [3.8, 4) is 5.75 Å². The predicted octanol–water partition coefficient (Wildman–Crippen LogP) is 3.17. The number of carboxylic acid groups (broad SMARTS) is 1. The molecule has 0 aromatic heterocycles. The van der Waals surface area contributed by atoms with Crippen LogP contribution in [0.1, 0.15) is 24.0 Å². The first kappa shape index (κ1) is 18.9. The van der Waals surface area contributed by atoms with Gasteiger partial charge in [0.15, 0.2) is 0 Å². The van der Waals surface area contributed by atoms with Gasteiger partial charge in [-0.15, -0.1) is 0 Å². The van der Waals surface area contributed by atoms with Crippen molar-refractivity contribution in [2.24, 2.45) is 0 Å². The van der Waals surface area contributed by atoms with Gasteiger partial charge in [-0.05, 0) is 23.6 Å². The molecule has 2 atom stereocenters. The van der Waals surface area contributed by atoms with Crippen LogP contribution < -0.4 is 4.74 Å². The van der Waals surface area contributed by atoms with E-state index in [1.807, 2.05) is 54.6 Å². The summed E-state index contributed by atoms with van der Waals surface area (Å²) in [5, 5.41) is 9.75. The molecule has 6 heteroatoms. The number of aliphatic carboxylic acids is 1. The van der Waals surface area contributed by atoms with E-state index in [2.05, 4.69) is 12.8 Å². The average molecular weight is 359 g/mol. The summed E-state index contributed by atoms with van der Waals surface area (Å²) in [6, 6.07) is 15.6. The fraction of sp³-hybridized carbons (Fsp3) is 0.263. The number of nitrogens with zero attached hydrogens (tertiary/aromatic N) is 1. The molecule has 2 aromatic rings. The van der Waals surface area contributed by atoms with E-state index < -0.39 is 23.8 Å². The first-order valence-corrected chi connectivity index (χ1v) is 8.24. The minimum Gasteiger partial charge on any atom is -0.496 e. The topological polar surface area (TPSA) is 66.8 Å². The molecule has 0 bridgehead atoms. The largest absolute Gasteiger partial charge is 0.496 e. The van der Waals surface area contributed by atoms with Crippen molar-refractivity contribution in [1.29, 1.82) is 0 Å². The van der Waals surface area contributed by atoms with E-state index in [9.17, 15) is 14.7 Å². The van der Waals surface area contributed by atoms with Crippen LogP contribution >= 0.6 is 12.8 Å². The Kier molecular flexibility index (Phi) is 6.47. The number of carbonyl (C=O) groups is 2. The van der Waals surface area contributed by atoms with Gasteiger partial charge in [0.1, 0.15) is 11.8 Å². The van der Waals surface area contributed by atoms with Crippen molar-refractivity contribution in [2.45, 2.75) is 25.3 Å². The van der Waals surface area contributed by atoms with Gasteiger partial charge in [-0.2, -0.15) is 0 Å². The lowest BCUT2D eigenvalue weighted by molar-refractivity contribution is -0.146. The first-order valence-electron chi connectivity index (χ1n) is 7.84. The number of benzene rings is 2. The van der Waals surface area contributed by atoms with E-state index in [-0.39, 0.29) is 0 Å². The van der Waals surface area contributed by atoms with E-state index >= 15 is 0 Å². The van der Waals surface area contributed by atoms with Crippen LogP contribution in [0.25, 0.3) is 0 Å². The van der Waals surface area contributed by atoms with Crippen molar-refractivity contribution in [2.75, 3.05) is 7.11 Å². The standard InChI is InChI=1S/C19H21NO4S/c1-13(21)20(25)18(19(22)23)16(14-8-4-3-5-9-14)12-15-10-6-7-11-17(15)24-2/h3-11,16,18,25H,12H2,1-2H3,(H,22,23)/t16?,18-/m0/s1. The van der Waals surface area contributed by atoms with Crippen molar-refractivity contribution in [3.63, 3.8) is 0 Å². The zero-order valence-electron chi connectivity index (χ0n) is 14.1. The molecule has 0 saturated heterocycles. The van der Waals surface area contributed by atoms with Gasteiger partial charge in [0.05, 0.1) is 7.11 Å². The molecule has 2 rings (SSSR count). The number of hydrogen-bond donors (Lipinski definition) is 2. The molecule has 25 heavy (non-hydrogen) atoms. The molecule has 1 amide bonds. The fourth-order valence-corrected chi connectivity index (χ4v) is 3.12. The van der Waals surface area contributed by atoms with Gasteiger partial charge in [-0.1, -0.05) is 61.3 Å². The molecule has 0 saturated carbocycles. The zero-order valence-corrected chi connectivity index (χ0v) is 15.0. The van der Waals surface area contributed by atoms with Crippen molar-refractivity contribution in [1.82, 2.24) is 4.31 Å². The Balaban J connectivity index is 2.49. The van der Waals surface area contributed by atoms with Gasteiger partial charge >= 0.3 is 5.97 Å². The smallest absolute Gasteiger partial charge is 0.328 e. The van der Waals surface area contributed by atoms with E-state index in [1.54, 1.807) is 7.11 Å². The highest BCUT2D eigenvalue weighted by molar-refractivity contribution is 7.78. The summed E-state index contributed by atoms with van der Waals surface area (Å²) in [6.07, 6.45) is 0.398. The second kappa shape index (κ2) is 8.58. The van der Waals surface area contributed by atoms with Crippen molar-refractivity contribution < 1.29 is 19.4 Å². The maximum Gasteiger partial charge on any atom is 0.328 e. The van der Waals surface area contributed by atoms with Crippen LogP contribution in [0.15, 0.2) is 54.6 Å². The molecule has 0 heterocycles. The van der Waals surface area contributed by atoms with Gasteiger partial charge < -0.3 is 9.84 Å². The molecule has 1 unspecified atom stereocenters. The third-order valence-corrected chi connectivity index (χ3v) is 4.61. The Bertz CT molecular complexity index is 735. The number of hydrogen-bond acceptors (Lipinski definition) is 4. The highest BCUT2D eigenvalue weighted by Gasteiger charge is 2.35. The summed E-state index contributed by atoms with van der Waals surface area (Å²) in [5.74, 6) is -1.32. The fourth-order valence-electron chi connectivity index (χ4n) is 2.86. The van der Waals surface area contributed by atoms with Gasteiger partial charge in [0.25, 0.3) is 0 Å². The summed E-state index contributed by atoms with van der Waals surface area (Å²) in [6.45, 7) is 1.30. The van der Waals surface area contributed by atoms with Gasteiger partial charge in [0.2, 0.25) is 5.91 Å². The van der Waals surface area contributed by atoms with E-state index in [0.717, 1.165) is 15.4 Å². The number of carboxylic acids is 1. The van der Waals surface area contributed by atoms with Gasteiger partial charge in [0, 0.05) is 12.8 Å². The van der Waals surface area contributed by atoms with Crippen LogP contribution in [0.3, 0.4) is 0 Å². The quantitative estimate of drug-likeness (QED) is 0.745. The van der Waals surface area contributed by atoms with E-state index in [1.165, 1.54) is 6.92 Å². The number of thiol groups is 1. The molecule has 0 aliphatic rings. The van der Waals surface area contributed by atoms with Crippen LogP contribution in [0, 0.1) is 0 Å². The monoisotopic (exact) mass is 359 g/mol. The maximum absolute atomic E-state index is 11.9. The minimum atomic E-state index is -1.10. The number of rotatable bonds is 7. The van der Waals surface area contributed by atoms with Crippen LogP contribution in [-0.2, 0) is 16.0 Å². The SMILES string of the molecule is COc1ccccc1CC(c1ccccc1)[C@@H](C(=O)O)N(S)C(C)=O. The number of ether oxygens (including phenoxy) is 1. The summed E-state index contributed by atoms with van der Waals surface area (Å²) in [4.78, 5) is 23.7. The first-order chi connectivity index (χ1) is 12.0. The van der Waals surface area contributed by atoms with Crippen LogP contribution in [0.5, 0.6) is 5.75 Å². The molecule has 1 N–H and O–H groups in total. The lowest BCUT2D eigenvalue weighted by Gasteiger charge is -2.30. The number of para-hydroxylation sites is 1. The zero-order chi connectivity index (χ0) is 18.4. The summed E-state index contributed by atoms with van der Waals surface area (Å²) in [5.41, 5.74) is 1.69. The van der Waals surface area contributed by atoms with Crippen LogP contribution in [-0.4, -0.2) is 34.4 Å². The van der Waals surface area contributed by atoms with E-state index in [4.69, 9.17) is 4.74 Å². The molecule has 5 nitrogen and oxygen atoms in total. The average Bonchev–Trinajstić information content (AvgIpc) is 2.61. The highest BCUT2D eigenvalue weighted by Crippen LogP contribution is 2.32. The third-order valence-electron chi connectivity index (χ3n) is 4.08. The number of methoxy groups -OCH3 is 1. The molecule has 2 aromatic carbocycles. The number of carbonyl (C=O) groups excluding carboxylic acids is 1. The molecular formula is C19H21NO4S. The molecule has 0 aliphatic carbocycles. The Hall–Kier alpha value is -2.47. The lowest BCUT2D eigenvalue weighted by atomic mass is 9.85. The Morgan fingerprint density at radius 3 is 2.28 bits per heavy atom. The van der Waals surface area contributed by atoms with Crippen LogP contribution in [0.4, 0.5) is 0 Å². The molecule has 0 aliphatic heterocycles. The van der Waals surface area contributed by atoms with Gasteiger partial charge in [-0.3, -0.25) is 9.10 Å². The summed E-state index contributed by atoms with van der Waals surface area (Å²) >= 11 is 4.14. The molecule has 0 radical (unpaired) electrons. The van der Waals surface area contributed by atoms with Crippen molar-refractivity contribution in [3.05, 3.63) is 65.7 Å². The van der Waals surface area contributed by atoms with E-state index in [0.29, 0.717) is 12.2 Å². The Morgan fingerprint density at radius 1 is 1.12 bits per heavy atom. The highest BCUT2D eigenvalue weighted by atomic mass is 32.1. The van der Waals surface area contributed by atoms with Crippen LogP contribution in [0.2, 0.25) is 0 Å². The second-order valence-electron chi connectivity index (χ2n) is 5.68. The normalized spacial score (nSPS) is 12.9. The Morgan fingerprint density at radius 2 is 1.72 bits per heavy atom. The maximum atomic E-state index is 11.9. The molecule has 0 spiro atoms. The number of amides is 1. The lowest BCUT2D eigenvalue weighted by Crippen LogP contribution is -2.43. The second-order valence-corrected chi connectivity index (χ2v) is 6.11. The Labute approximate surface area is 152 Å². The summed E-state index contributed by atoms with van der Waals surface area (Å²) < 4.78 is 6.36.